The Kier molecular flexibility index (Phi) is 24.2. The molecular weight excluding hydrogens is 1430 g/mol. The first kappa shape index (κ1) is 77.6. The SMILES string of the molecule is CC(C)Oc1ccc2[nH]nc(-c3cc(Cl)ncn3)c2c1.CC(C)Oc1ccc2c(c1)C(c1cc(N3CCN(CCCCN4CCN(c5ccc6c(c5)C(=O)N(C5CCC(=O)NC5=O)C6=O)CC4)[C@@H](C)C3)ncn1)=NC2.C[C@H]1CNCCN1CCCCN1CCN(c2ccc3c(c2)C(=O)N(C2CCC(=O)NC2=O)C3=O)CC1. The quantitative estimate of drug-likeness (QED) is 0.0324. The van der Waals surface area contributed by atoms with E-state index in [1.54, 1.807) is 36.7 Å². The molecule has 9 aliphatic heterocycles. The fraction of sp³-hybridized carbons (Fsp3) is 0.481. The van der Waals surface area contributed by atoms with Crippen LogP contribution in [0.15, 0.2) is 103 Å². The first-order valence-corrected chi connectivity index (χ1v) is 39.5. The second-order valence-electron chi connectivity index (χ2n) is 30.4. The highest BCUT2D eigenvalue weighted by Gasteiger charge is 2.47. The number of halogens is 1. The third-order valence-corrected chi connectivity index (χ3v) is 22.4. The number of piperidine rings is 2. The molecule has 12 heterocycles. The maximum atomic E-state index is 13.3. The second-order valence-corrected chi connectivity index (χ2v) is 30.8. The molecule has 0 radical (unpaired) electrons. The van der Waals surface area contributed by atoms with Gasteiger partial charge in [-0.1, -0.05) is 17.7 Å². The van der Waals surface area contributed by atoms with Gasteiger partial charge in [-0.25, -0.2) is 19.9 Å². The molecule has 111 heavy (non-hydrogen) atoms. The van der Waals surface area contributed by atoms with Crippen LogP contribution >= 0.6 is 11.6 Å². The smallest absolute Gasteiger partial charge is 0.262 e. The number of hydrogen-bond donors (Lipinski definition) is 4. The van der Waals surface area contributed by atoms with E-state index in [-0.39, 0.29) is 49.7 Å². The first-order chi connectivity index (χ1) is 53.7. The monoisotopic (exact) mass is 1530 g/mol. The van der Waals surface area contributed by atoms with Crippen LogP contribution in [0.5, 0.6) is 11.5 Å². The van der Waals surface area contributed by atoms with Crippen molar-refractivity contribution in [1.82, 2.24) is 75.5 Å². The molecule has 9 aliphatic rings. The molecule has 6 saturated heterocycles. The highest BCUT2D eigenvalue weighted by Crippen LogP contribution is 2.36. The molecule has 2 unspecified atom stereocenters. The van der Waals surface area contributed by atoms with Crippen LogP contribution in [0.4, 0.5) is 17.2 Å². The molecule has 8 amide bonds. The number of hydrogen-bond acceptors (Lipinski definition) is 24. The average Bonchev–Trinajstić information content (AvgIpc) is 1.61. The maximum Gasteiger partial charge on any atom is 0.262 e. The van der Waals surface area contributed by atoms with Gasteiger partial charge in [0.2, 0.25) is 23.6 Å². The third-order valence-electron chi connectivity index (χ3n) is 22.2. The number of amides is 8. The number of aliphatic imine (C=N–C) groups is 1. The lowest BCUT2D eigenvalue weighted by Crippen LogP contribution is -2.54. The van der Waals surface area contributed by atoms with Crippen LogP contribution in [0.2, 0.25) is 5.15 Å². The molecule has 0 aliphatic carbocycles. The number of ether oxygens (including phenoxy) is 2. The summed E-state index contributed by atoms with van der Waals surface area (Å²) in [5, 5.41) is 16.5. The number of carbonyl (C=O) groups excluding carboxylic acids is 8. The molecule has 7 aromatic rings. The molecule has 29 nitrogen and oxygen atoms in total. The number of aromatic amines is 1. The highest BCUT2D eigenvalue weighted by atomic mass is 35.5. The number of imide groups is 4. The van der Waals surface area contributed by atoms with Crippen LogP contribution in [-0.4, -0.2) is 267 Å². The van der Waals surface area contributed by atoms with E-state index in [0.29, 0.717) is 51.7 Å². The standard InChI is InChI=1S/C41H49N9O5.C26H36N6O4.C14H13ClN4O/c1-26(2)55-30-8-6-28-23-42-38(32(28)21-30)34-22-36(44-25-43-34)49-19-18-47(27(3)24-49)13-5-4-12-46-14-16-48(17-15-46)29-7-9-31-33(20-29)41(54)50(40(31)53)35-10-11-37(51)45-39(35)52;1-18-17-27-8-11-30(18)10-3-2-9-29-12-14-31(15-13-29)19-4-5-20-21(16-19)26(36)32(25(20)35)22-6-7-23(33)28-24(22)34;1-8(2)20-9-3-4-11-10(5-9)14(19-18-11)12-6-13(15)17-7-16-12/h6-9,20-22,25-27,35H,4-5,10-19,23-24H2,1-3H3,(H,45,51,52);4-5,16,18,22,27H,2-3,6-15,17H2,1H3,(H,28,33,34);3-8H,1-2H3,(H,18,19)/t27-,35?;18-,22?;/m00./s1. The molecule has 3 aromatic heterocycles. The lowest BCUT2D eigenvalue weighted by atomic mass is 10.0. The Morgan fingerprint density at radius 3 is 1.60 bits per heavy atom. The van der Waals surface area contributed by atoms with Gasteiger partial charge in [-0.15, -0.1) is 0 Å². The summed E-state index contributed by atoms with van der Waals surface area (Å²) in [7, 11) is 0. The van der Waals surface area contributed by atoms with E-state index < -0.39 is 47.5 Å². The van der Waals surface area contributed by atoms with Gasteiger partial charge in [0.05, 0.1) is 63.6 Å². The van der Waals surface area contributed by atoms with Gasteiger partial charge in [0.25, 0.3) is 23.6 Å². The fourth-order valence-corrected chi connectivity index (χ4v) is 16.3. The number of nitrogens with zero attached hydrogens (tertiary/aromatic N) is 15. The number of H-pyrrole nitrogens is 1. The lowest BCUT2D eigenvalue weighted by Gasteiger charge is -2.40. The van der Waals surface area contributed by atoms with Crippen LogP contribution < -0.4 is 40.1 Å². The van der Waals surface area contributed by atoms with E-state index in [1.165, 1.54) is 31.3 Å². The van der Waals surface area contributed by atoms with Crippen LogP contribution in [0.3, 0.4) is 0 Å². The zero-order valence-corrected chi connectivity index (χ0v) is 64.7. The maximum absolute atomic E-state index is 13.3. The van der Waals surface area contributed by atoms with Gasteiger partial charge < -0.3 is 29.5 Å². The van der Waals surface area contributed by atoms with E-state index in [4.69, 9.17) is 26.1 Å². The molecule has 4 atom stereocenters. The predicted octanol–water partition coefficient (Wildman–Crippen LogP) is 6.87. The lowest BCUT2D eigenvalue weighted by molar-refractivity contribution is -0.137. The molecule has 584 valence electrons. The Balaban J connectivity index is 0.000000156. The molecule has 6 fully saturated rings. The molecular formula is C81H98ClN19O10. The van der Waals surface area contributed by atoms with Crippen molar-refractivity contribution >= 4 is 92.7 Å². The van der Waals surface area contributed by atoms with Gasteiger partial charge in [0.15, 0.2) is 0 Å². The number of anilines is 3. The topological polar surface area (TPSA) is 313 Å². The highest BCUT2D eigenvalue weighted by molar-refractivity contribution is 6.29. The largest absolute Gasteiger partial charge is 0.491 e. The number of fused-ring (bicyclic) bond motifs is 4. The number of benzene rings is 4. The summed E-state index contributed by atoms with van der Waals surface area (Å²) in [5.74, 6) is -1.21. The Hall–Kier alpha value is -10.2. The summed E-state index contributed by atoms with van der Waals surface area (Å²) in [6.45, 7) is 31.0. The normalized spacial score (nSPS) is 21.3. The van der Waals surface area contributed by atoms with Gasteiger partial charge in [-0.3, -0.25) is 88.5 Å². The van der Waals surface area contributed by atoms with Gasteiger partial charge in [0, 0.05) is 151 Å². The first-order valence-electron chi connectivity index (χ1n) is 39.1. The van der Waals surface area contributed by atoms with Crippen molar-refractivity contribution in [2.75, 3.05) is 133 Å². The van der Waals surface area contributed by atoms with Crippen LogP contribution in [0.25, 0.3) is 22.3 Å². The number of rotatable bonds is 21. The summed E-state index contributed by atoms with van der Waals surface area (Å²) in [6.07, 6.45) is 8.52. The molecule has 0 spiro atoms. The van der Waals surface area contributed by atoms with Crippen LogP contribution in [0.1, 0.15) is 151 Å². The van der Waals surface area contributed by atoms with E-state index in [0.717, 1.165) is 196 Å². The predicted molar refractivity (Wildman–Crippen MR) is 421 cm³/mol. The minimum atomic E-state index is -0.958. The number of nitrogens with one attached hydrogen (secondary N) is 4. The summed E-state index contributed by atoms with van der Waals surface area (Å²) in [5.41, 5.74) is 9.47. The van der Waals surface area contributed by atoms with Crippen molar-refractivity contribution in [2.45, 2.75) is 136 Å². The van der Waals surface area contributed by atoms with Crippen molar-refractivity contribution in [2.24, 2.45) is 4.99 Å². The van der Waals surface area contributed by atoms with Gasteiger partial charge in [-0.05, 0) is 179 Å². The van der Waals surface area contributed by atoms with Crippen molar-refractivity contribution in [1.29, 1.82) is 0 Å². The molecule has 0 bridgehead atoms. The Morgan fingerprint density at radius 2 is 1.05 bits per heavy atom. The zero-order valence-electron chi connectivity index (χ0n) is 64.0. The van der Waals surface area contributed by atoms with Gasteiger partial charge in [0.1, 0.15) is 52.9 Å². The molecule has 30 heteroatoms. The number of unbranched alkanes of at least 4 members (excludes halogenated alkanes) is 2. The molecule has 4 N–H and O–H groups in total. The van der Waals surface area contributed by atoms with Crippen molar-refractivity contribution in [3.63, 3.8) is 0 Å². The second kappa shape index (κ2) is 34.6. The molecule has 0 saturated carbocycles. The molecule has 4 aromatic carbocycles. The third kappa shape index (κ3) is 17.8. The summed E-state index contributed by atoms with van der Waals surface area (Å²) >= 11 is 5.90. The van der Waals surface area contributed by atoms with Crippen molar-refractivity contribution in [3.05, 3.63) is 142 Å². The Morgan fingerprint density at radius 1 is 0.514 bits per heavy atom. The molecule has 16 rings (SSSR count). The van der Waals surface area contributed by atoms with E-state index in [9.17, 15) is 38.4 Å². The number of piperazine rings is 4. The fourth-order valence-electron chi connectivity index (χ4n) is 16.2. The average molecular weight is 1530 g/mol. The van der Waals surface area contributed by atoms with Crippen molar-refractivity contribution < 1.29 is 47.8 Å². The van der Waals surface area contributed by atoms with E-state index in [2.05, 4.69) is 112 Å². The van der Waals surface area contributed by atoms with Gasteiger partial charge >= 0.3 is 0 Å². The van der Waals surface area contributed by atoms with E-state index in [1.807, 2.05) is 64.1 Å². The van der Waals surface area contributed by atoms with Crippen molar-refractivity contribution in [3.8, 4) is 22.9 Å². The summed E-state index contributed by atoms with van der Waals surface area (Å²) in [6, 6.07) is 25.6. The number of aromatic nitrogens is 6. The number of carbonyl (C=O) groups is 8. The van der Waals surface area contributed by atoms with Gasteiger partial charge in [-0.2, -0.15) is 5.10 Å². The Labute approximate surface area is 650 Å². The summed E-state index contributed by atoms with van der Waals surface area (Å²) in [4.78, 5) is 141. The minimum Gasteiger partial charge on any atom is -0.491 e. The van der Waals surface area contributed by atoms with Crippen LogP contribution in [-0.2, 0) is 25.7 Å². The zero-order chi connectivity index (χ0) is 77.6. The van der Waals surface area contributed by atoms with E-state index >= 15 is 0 Å². The minimum absolute atomic E-state index is 0.103. The van der Waals surface area contributed by atoms with Crippen LogP contribution in [0, 0.1) is 0 Å². The Bertz CT molecular complexity index is 4690. The summed E-state index contributed by atoms with van der Waals surface area (Å²) < 4.78 is 11.7.